The molecule has 6 nitrogen and oxygen atoms in total. The second-order valence-corrected chi connectivity index (χ2v) is 6.86. The molecule has 8 heteroatoms. The van der Waals surface area contributed by atoms with Gasteiger partial charge in [-0.3, -0.25) is 10.4 Å². The van der Waals surface area contributed by atoms with Gasteiger partial charge in [0.1, 0.15) is 0 Å². The molecule has 102 valence electrons. The van der Waals surface area contributed by atoms with Crippen LogP contribution >= 0.6 is 12.2 Å². The maximum absolute atomic E-state index is 11.3. The predicted molar refractivity (Wildman–Crippen MR) is 77.8 cm³/mol. The summed E-state index contributed by atoms with van der Waals surface area (Å²) in [6, 6.07) is 3.50. The van der Waals surface area contributed by atoms with Crippen LogP contribution in [0, 0.1) is 0 Å². The van der Waals surface area contributed by atoms with Crippen LogP contribution in [0.15, 0.2) is 29.6 Å². The van der Waals surface area contributed by atoms with Crippen LogP contribution in [-0.4, -0.2) is 42.3 Å². The quantitative estimate of drug-likeness (QED) is 0.467. The third-order valence-corrected chi connectivity index (χ3v) is 4.63. The zero-order chi connectivity index (χ0) is 13.7. The van der Waals surface area contributed by atoms with E-state index in [2.05, 4.69) is 20.8 Å². The number of hydrogen-bond acceptors (Lipinski definition) is 5. The van der Waals surface area contributed by atoms with Gasteiger partial charge in [-0.25, -0.2) is 8.42 Å². The van der Waals surface area contributed by atoms with Crippen molar-refractivity contribution in [2.75, 3.05) is 11.5 Å². The lowest BCUT2D eigenvalue weighted by Crippen LogP contribution is -2.40. The Morgan fingerprint density at radius 2 is 2.21 bits per heavy atom. The molecule has 1 unspecified atom stereocenters. The van der Waals surface area contributed by atoms with Crippen LogP contribution < -0.4 is 10.7 Å². The third kappa shape index (κ3) is 4.56. The minimum Gasteiger partial charge on any atom is -0.358 e. The van der Waals surface area contributed by atoms with E-state index in [4.69, 9.17) is 12.2 Å². The first kappa shape index (κ1) is 13.9. The van der Waals surface area contributed by atoms with Gasteiger partial charge in [-0.2, -0.15) is 5.10 Å². The average Bonchev–Trinajstić information content (AvgIpc) is 2.70. The summed E-state index contributed by atoms with van der Waals surface area (Å²) in [5.74, 6) is 0.344. The van der Waals surface area contributed by atoms with Crippen LogP contribution in [0.3, 0.4) is 0 Å². The highest BCUT2D eigenvalue weighted by Gasteiger charge is 2.27. The lowest BCUT2D eigenvalue weighted by atomic mass is 10.3. The number of hydrogen-bond donors (Lipinski definition) is 2. The molecule has 2 heterocycles. The van der Waals surface area contributed by atoms with Crippen molar-refractivity contribution in [3.63, 3.8) is 0 Å². The van der Waals surface area contributed by atoms with Crippen LogP contribution in [0.2, 0.25) is 0 Å². The summed E-state index contributed by atoms with van der Waals surface area (Å²) < 4.78 is 22.6. The van der Waals surface area contributed by atoms with E-state index < -0.39 is 9.84 Å². The summed E-state index contributed by atoms with van der Waals surface area (Å²) in [6.45, 7) is 0. The van der Waals surface area contributed by atoms with Crippen molar-refractivity contribution in [3.8, 4) is 0 Å². The van der Waals surface area contributed by atoms with Gasteiger partial charge in [0.25, 0.3) is 0 Å². The number of rotatable bonds is 3. The lowest BCUT2D eigenvalue weighted by molar-refractivity contribution is 0.600. The summed E-state index contributed by atoms with van der Waals surface area (Å²) >= 11 is 5.04. The lowest BCUT2D eigenvalue weighted by Gasteiger charge is -2.11. The van der Waals surface area contributed by atoms with Gasteiger partial charge in [0.15, 0.2) is 14.9 Å². The molecule has 1 fully saturated rings. The van der Waals surface area contributed by atoms with Crippen LogP contribution in [0.25, 0.3) is 0 Å². The highest BCUT2D eigenvalue weighted by molar-refractivity contribution is 7.91. The smallest absolute Gasteiger partial charge is 0.187 e. The Labute approximate surface area is 117 Å². The number of pyridine rings is 1. The summed E-state index contributed by atoms with van der Waals surface area (Å²) in [4.78, 5) is 3.89. The number of nitrogens with zero attached hydrogens (tertiary/aromatic N) is 2. The molecule has 0 amide bonds. The first-order valence-corrected chi connectivity index (χ1v) is 7.98. The van der Waals surface area contributed by atoms with Gasteiger partial charge in [-0.05, 0) is 36.3 Å². The fraction of sp³-hybridized carbons (Fsp3) is 0.364. The molecule has 0 spiro atoms. The Bertz CT molecular complexity index is 572. The fourth-order valence-corrected chi connectivity index (χ4v) is 3.63. The normalized spacial score (nSPS) is 21.4. The first-order chi connectivity index (χ1) is 9.05. The van der Waals surface area contributed by atoms with E-state index in [-0.39, 0.29) is 17.5 Å². The molecule has 0 aliphatic carbocycles. The van der Waals surface area contributed by atoms with Gasteiger partial charge in [0.2, 0.25) is 0 Å². The van der Waals surface area contributed by atoms with Crippen LogP contribution in [-0.2, 0) is 9.84 Å². The standard InChI is InChI=1S/C11H14N4O2S2/c16-19(17)6-3-10(8-19)14-11(18)15-13-7-9-1-4-12-5-2-9/h1-2,4-5,7,10H,3,6,8H2,(H2,14,15,18). The number of sulfone groups is 1. The van der Waals surface area contributed by atoms with Crippen molar-refractivity contribution < 1.29 is 8.42 Å². The molecule has 1 atom stereocenters. The van der Waals surface area contributed by atoms with Gasteiger partial charge in [-0.15, -0.1) is 0 Å². The summed E-state index contributed by atoms with van der Waals surface area (Å²) in [5.41, 5.74) is 3.56. The van der Waals surface area contributed by atoms with Crippen LogP contribution in [0.5, 0.6) is 0 Å². The topological polar surface area (TPSA) is 83.5 Å². The van der Waals surface area contributed by atoms with Gasteiger partial charge in [0.05, 0.1) is 17.7 Å². The van der Waals surface area contributed by atoms with Gasteiger partial charge < -0.3 is 5.32 Å². The molecule has 1 aliphatic rings. The molecule has 1 aromatic rings. The minimum atomic E-state index is -2.90. The monoisotopic (exact) mass is 298 g/mol. The Morgan fingerprint density at radius 1 is 1.47 bits per heavy atom. The second kappa shape index (κ2) is 6.07. The maximum atomic E-state index is 11.3. The zero-order valence-electron chi connectivity index (χ0n) is 10.1. The molecule has 0 saturated carbocycles. The molecule has 2 rings (SSSR count). The van der Waals surface area contributed by atoms with E-state index >= 15 is 0 Å². The average molecular weight is 298 g/mol. The molecule has 19 heavy (non-hydrogen) atoms. The van der Waals surface area contributed by atoms with E-state index in [1.165, 1.54) is 0 Å². The Morgan fingerprint density at radius 3 is 2.84 bits per heavy atom. The highest BCUT2D eigenvalue weighted by atomic mass is 32.2. The SMILES string of the molecule is O=S1(=O)CCC(NC(=S)NN=Cc2ccncc2)C1. The Balaban J connectivity index is 1.78. The summed E-state index contributed by atoms with van der Waals surface area (Å²) in [6.07, 6.45) is 5.53. The molecule has 0 bridgehead atoms. The van der Waals surface area contributed by atoms with Gasteiger partial charge >= 0.3 is 0 Å². The van der Waals surface area contributed by atoms with E-state index in [0.29, 0.717) is 11.5 Å². The second-order valence-electron chi connectivity index (χ2n) is 4.22. The third-order valence-electron chi connectivity index (χ3n) is 2.65. The predicted octanol–water partition coefficient (Wildman–Crippen LogP) is 0.0667. The van der Waals surface area contributed by atoms with E-state index in [9.17, 15) is 8.42 Å². The molecule has 1 saturated heterocycles. The van der Waals surface area contributed by atoms with Gasteiger partial charge in [-0.1, -0.05) is 0 Å². The Hall–Kier alpha value is -1.54. The van der Waals surface area contributed by atoms with E-state index in [1.54, 1.807) is 18.6 Å². The molecular weight excluding hydrogens is 284 g/mol. The van der Waals surface area contributed by atoms with Crippen molar-refractivity contribution in [1.29, 1.82) is 0 Å². The Kier molecular flexibility index (Phi) is 4.43. The van der Waals surface area contributed by atoms with Gasteiger partial charge in [0, 0.05) is 18.4 Å². The maximum Gasteiger partial charge on any atom is 0.187 e. The molecule has 2 N–H and O–H groups in total. The van der Waals surface area contributed by atoms with Crippen molar-refractivity contribution >= 4 is 33.4 Å². The van der Waals surface area contributed by atoms with E-state index in [1.807, 2.05) is 12.1 Å². The van der Waals surface area contributed by atoms with Crippen LogP contribution in [0.4, 0.5) is 0 Å². The number of nitrogens with one attached hydrogen (secondary N) is 2. The number of aromatic nitrogens is 1. The summed E-state index contributed by atoms with van der Waals surface area (Å²) in [7, 11) is -2.90. The largest absolute Gasteiger partial charge is 0.358 e. The summed E-state index contributed by atoms with van der Waals surface area (Å²) in [5, 5.41) is 7.23. The molecule has 1 aromatic heterocycles. The zero-order valence-corrected chi connectivity index (χ0v) is 11.7. The fourth-order valence-electron chi connectivity index (χ4n) is 1.74. The minimum absolute atomic E-state index is 0.124. The molecule has 1 aliphatic heterocycles. The highest BCUT2D eigenvalue weighted by Crippen LogP contribution is 2.10. The number of thiocarbonyl (C=S) groups is 1. The van der Waals surface area contributed by atoms with Crippen LogP contribution in [0.1, 0.15) is 12.0 Å². The molecular formula is C11H14N4O2S2. The number of hydrazone groups is 1. The van der Waals surface area contributed by atoms with Crippen molar-refractivity contribution in [2.45, 2.75) is 12.5 Å². The van der Waals surface area contributed by atoms with E-state index in [0.717, 1.165) is 5.56 Å². The molecule has 0 aromatic carbocycles. The first-order valence-electron chi connectivity index (χ1n) is 5.75. The van der Waals surface area contributed by atoms with Crippen molar-refractivity contribution in [1.82, 2.24) is 15.7 Å². The molecule has 0 radical (unpaired) electrons. The van der Waals surface area contributed by atoms with Crippen molar-refractivity contribution in [3.05, 3.63) is 30.1 Å². The van der Waals surface area contributed by atoms with Crippen molar-refractivity contribution in [2.24, 2.45) is 5.10 Å².